The average Bonchev–Trinajstić information content (AvgIpc) is 2.50. The van der Waals surface area contributed by atoms with Crippen molar-refractivity contribution in [2.24, 2.45) is 0 Å². The second-order valence-electron chi connectivity index (χ2n) is 5.74. The monoisotopic (exact) mass is 294 g/mol. The molecule has 0 aromatic heterocycles. The van der Waals surface area contributed by atoms with E-state index in [4.69, 9.17) is 4.74 Å². The van der Waals surface area contributed by atoms with Crippen molar-refractivity contribution in [1.82, 2.24) is 10.2 Å². The van der Waals surface area contributed by atoms with Crippen molar-refractivity contribution in [2.45, 2.75) is 39.3 Å². The Balaban J connectivity index is 2.09. The average molecular weight is 294 g/mol. The van der Waals surface area contributed by atoms with Gasteiger partial charge in [-0.3, -0.25) is 4.90 Å². The first kappa shape index (κ1) is 16.4. The van der Waals surface area contributed by atoms with Gasteiger partial charge in [0.05, 0.1) is 12.7 Å². The molecule has 0 amide bonds. The van der Waals surface area contributed by atoms with E-state index in [9.17, 15) is 4.39 Å². The minimum atomic E-state index is -0.161. The summed E-state index contributed by atoms with van der Waals surface area (Å²) in [5, 5.41) is 3.52. The van der Waals surface area contributed by atoms with Gasteiger partial charge in [0.15, 0.2) is 0 Å². The van der Waals surface area contributed by atoms with Gasteiger partial charge in [0.1, 0.15) is 5.82 Å². The summed E-state index contributed by atoms with van der Waals surface area (Å²) >= 11 is 0. The molecular formula is C17H27FN2O. The normalized spacial score (nSPS) is 21.4. The molecule has 2 unspecified atom stereocenters. The predicted octanol–water partition coefficient (Wildman–Crippen LogP) is 2.38. The van der Waals surface area contributed by atoms with Crippen LogP contribution in [0, 0.1) is 12.7 Å². The molecule has 1 aromatic carbocycles. The third-order valence-electron chi connectivity index (χ3n) is 4.29. The molecule has 1 aromatic rings. The molecule has 1 aliphatic heterocycles. The summed E-state index contributed by atoms with van der Waals surface area (Å²) in [5.74, 6) is -0.161. The Bertz CT molecular complexity index is 452. The van der Waals surface area contributed by atoms with Gasteiger partial charge in [-0.05, 0) is 49.7 Å². The molecule has 3 nitrogen and oxygen atoms in total. The molecule has 0 saturated carbocycles. The van der Waals surface area contributed by atoms with Crippen molar-refractivity contribution in [3.63, 3.8) is 0 Å². The maximum absolute atomic E-state index is 13.5. The van der Waals surface area contributed by atoms with E-state index < -0.39 is 0 Å². The van der Waals surface area contributed by atoms with Gasteiger partial charge < -0.3 is 10.1 Å². The molecule has 0 spiro atoms. The molecule has 2 rings (SSSR count). The minimum Gasteiger partial charge on any atom is -0.374 e. The SMILES string of the molecule is CCNC(Cc1cc(F)ccc1C)C1CN(CC)CCO1. The number of hydrogen-bond donors (Lipinski definition) is 1. The summed E-state index contributed by atoms with van der Waals surface area (Å²) in [7, 11) is 0. The first-order valence-corrected chi connectivity index (χ1v) is 7.96. The first-order chi connectivity index (χ1) is 10.1. The van der Waals surface area contributed by atoms with Crippen molar-refractivity contribution in [3.8, 4) is 0 Å². The van der Waals surface area contributed by atoms with Crippen LogP contribution in [0.1, 0.15) is 25.0 Å². The number of likely N-dealkylation sites (N-methyl/N-ethyl adjacent to an activating group) is 2. The highest BCUT2D eigenvalue weighted by Crippen LogP contribution is 2.17. The fourth-order valence-corrected chi connectivity index (χ4v) is 2.96. The topological polar surface area (TPSA) is 24.5 Å². The van der Waals surface area contributed by atoms with Gasteiger partial charge in [-0.25, -0.2) is 4.39 Å². The zero-order chi connectivity index (χ0) is 15.2. The quantitative estimate of drug-likeness (QED) is 0.872. The Morgan fingerprint density at radius 2 is 2.24 bits per heavy atom. The predicted molar refractivity (Wildman–Crippen MR) is 84.2 cm³/mol. The molecule has 1 aliphatic rings. The van der Waals surface area contributed by atoms with Crippen molar-refractivity contribution >= 4 is 0 Å². The highest BCUT2D eigenvalue weighted by molar-refractivity contribution is 5.27. The number of rotatable bonds is 6. The van der Waals surface area contributed by atoms with E-state index in [0.717, 1.165) is 50.3 Å². The third kappa shape index (κ3) is 4.50. The van der Waals surface area contributed by atoms with Crippen LogP contribution in [0.5, 0.6) is 0 Å². The van der Waals surface area contributed by atoms with Crippen molar-refractivity contribution < 1.29 is 9.13 Å². The van der Waals surface area contributed by atoms with E-state index >= 15 is 0 Å². The number of hydrogen-bond acceptors (Lipinski definition) is 3. The molecule has 21 heavy (non-hydrogen) atoms. The van der Waals surface area contributed by atoms with E-state index in [1.54, 1.807) is 6.07 Å². The van der Waals surface area contributed by atoms with Crippen LogP contribution >= 0.6 is 0 Å². The molecule has 0 aliphatic carbocycles. The van der Waals surface area contributed by atoms with Crippen LogP contribution in [0.2, 0.25) is 0 Å². The summed E-state index contributed by atoms with van der Waals surface area (Å²) in [6.45, 7) is 11.0. The van der Waals surface area contributed by atoms with Crippen LogP contribution in [0.4, 0.5) is 4.39 Å². The van der Waals surface area contributed by atoms with Crippen molar-refractivity contribution in [3.05, 3.63) is 35.1 Å². The van der Waals surface area contributed by atoms with E-state index in [1.807, 2.05) is 13.0 Å². The van der Waals surface area contributed by atoms with Gasteiger partial charge in [-0.2, -0.15) is 0 Å². The van der Waals surface area contributed by atoms with E-state index in [1.165, 1.54) is 6.07 Å². The zero-order valence-corrected chi connectivity index (χ0v) is 13.4. The molecule has 4 heteroatoms. The van der Waals surface area contributed by atoms with Crippen LogP contribution in [0.15, 0.2) is 18.2 Å². The van der Waals surface area contributed by atoms with Gasteiger partial charge in [-0.1, -0.05) is 19.9 Å². The Labute approximate surface area is 127 Å². The number of halogens is 1. The smallest absolute Gasteiger partial charge is 0.123 e. The lowest BCUT2D eigenvalue weighted by atomic mass is 9.96. The second kappa shape index (κ2) is 7.87. The molecule has 118 valence electrons. The number of morpholine rings is 1. The standard InChI is InChI=1S/C17H27FN2O/c1-4-19-16(17-12-20(5-2)8-9-21-17)11-14-10-15(18)7-6-13(14)3/h6-7,10,16-17,19H,4-5,8-9,11-12H2,1-3H3. The maximum Gasteiger partial charge on any atom is 0.123 e. The zero-order valence-electron chi connectivity index (χ0n) is 13.4. The van der Waals surface area contributed by atoms with Crippen molar-refractivity contribution in [2.75, 3.05) is 32.8 Å². The number of benzene rings is 1. The van der Waals surface area contributed by atoms with Crippen LogP contribution in [-0.2, 0) is 11.2 Å². The highest BCUT2D eigenvalue weighted by atomic mass is 19.1. The number of nitrogens with zero attached hydrogens (tertiary/aromatic N) is 1. The number of aryl methyl sites for hydroxylation is 1. The summed E-state index contributed by atoms with van der Waals surface area (Å²) in [5.41, 5.74) is 2.21. The summed E-state index contributed by atoms with van der Waals surface area (Å²) in [6.07, 6.45) is 0.973. The molecular weight excluding hydrogens is 267 g/mol. The lowest BCUT2D eigenvalue weighted by molar-refractivity contribution is -0.0445. The lowest BCUT2D eigenvalue weighted by Crippen LogP contribution is -2.53. The molecule has 0 bridgehead atoms. The summed E-state index contributed by atoms with van der Waals surface area (Å²) in [4.78, 5) is 2.41. The fourth-order valence-electron chi connectivity index (χ4n) is 2.96. The molecule has 2 atom stereocenters. The molecule has 1 fully saturated rings. The molecule has 1 heterocycles. The van der Waals surface area contributed by atoms with Gasteiger partial charge >= 0.3 is 0 Å². The Morgan fingerprint density at radius 1 is 1.43 bits per heavy atom. The van der Waals surface area contributed by atoms with Crippen LogP contribution in [0.25, 0.3) is 0 Å². The summed E-state index contributed by atoms with van der Waals surface area (Å²) in [6, 6.07) is 5.26. The summed E-state index contributed by atoms with van der Waals surface area (Å²) < 4.78 is 19.5. The van der Waals surface area contributed by atoms with Gasteiger partial charge in [0.2, 0.25) is 0 Å². The Hall–Kier alpha value is -0.970. The van der Waals surface area contributed by atoms with E-state index in [2.05, 4.69) is 24.1 Å². The number of ether oxygens (including phenoxy) is 1. The third-order valence-corrected chi connectivity index (χ3v) is 4.29. The minimum absolute atomic E-state index is 0.161. The lowest BCUT2D eigenvalue weighted by Gasteiger charge is -2.37. The van der Waals surface area contributed by atoms with Crippen molar-refractivity contribution in [1.29, 1.82) is 0 Å². The molecule has 1 saturated heterocycles. The number of nitrogens with one attached hydrogen (secondary N) is 1. The fraction of sp³-hybridized carbons (Fsp3) is 0.647. The van der Waals surface area contributed by atoms with E-state index in [0.29, 0.717) is 0 Å². The van der Waals surface area contributed by atoms with Gasteiger partial charge in [-0.15, -0.1) is 0 Å². The highest BCUT2D eigenvalue weighted by Gasteiger charge is 2.27. The first-order valence-electron chi connectivity index (χ1n) is 7.96. The molecule has 0 radical (unpaired) electrons. The van der Waals surface area contributed by atoms with Gasteiger partial charge in [0, 0.05) is 19.1 Å². The molecule has 1 N–H and O–H groups in total. The van der Waals surface area contributed by atoms with E-state index in [-0.39, 0.29) is 18.0 Å². The van der Waals surface area contributed by atoms with Crippen LogP contribution in [0.3, 0.4) is 0 Å². The van der Waals surface area contributed by atoms with Crippen LogP contribution in [-0.4, -0.2) is 49.8 Å². The maximum atomic E-state index is 13.5. The Morgan fingerprint density at radius 3 is 2.95 bits per heavy atom. The largest absolute Gasteiger partial charge is 0.374 e. The Kier molecular flexibility index (Phi) is 6.15. The second-order valence-corrected chi connectivity index (χ2v) is 5.74. The van der Waals surface area contributed by atoms with Crippen LogP contribution < -0.4 is 5.32 Å². The van der Waals surface area contributed by atoms with Gasteiger partial charge in [0.25, 0.3) is 0 Å².